The summed E-state index contributed by atoms with van der Waals surface area (Å²) in [6.07, 6.45) is 3.40. The highest BCUT2D eigenvalue weighted by molar-refractivity contribution is 6.31. The van der Waals surface area contributed by atoms with Gasteiger partial charge in [0.1, 0.15) is 18.4 Å². The minimum Gasteiger partial charge on any atom is -0.489 e. The molecule has 2 aromatic carbocycles. The van der Waals surface area contributed by atoms with Gasteiger partial charge in [-0.1, -0.05) is 29.8 Å². The number of nitriles is 1. The Balaban J connectivity index is 1.50. The third-order valence-corrected chi connectivity index (χ3v) is 5.60. The number of rotatable bonds is 5. The van der Waals surface area contributed by atoms with Crippen LogP contribution in [-0.2, 0) is 6.61 Å². The zero-order chi connectivity index (χ0) is 20.2. The van der Waals surface area contributed by atoms with Crippen LogP contribution in [0.3, 0.4) is 0 Å². The molecule has 0 aliphatic carbocycles. The quantitative estimate of drug-likeness (QED) is 0.532. The Morgan fingerprint density at radius 3 is 2.72 bits per heavy atom. The van der Waals surface area contributed by atoms with Crippen molar-refractivity contribution in [3.63, 3.8) is 0 Å². The monoisotopic (exact) mass is 407 g/mol. The Morgan fingerprint density at radius 1 is 1.21 bits per heavy atom. The van der Waals surface area contributed by atoms with Crippen molar-refractivity contribution in [3.8, 4) is 23.3 Å². The second kappa shape index (κ2) is 8.59. The smallest absolute Gasteiger partial charge is 0.235 e. The lowest BCUT2D eigenvalue weighted by atomic mass is 10.0. The highest BCUT2D eigenvalue weighted by Gasteiger charge is 2.26. The van der Waals surface area contributed by atoms with Crippen LogP contribution in [0.15, 0.2) is 52.9 Å². The van der Waals surface area contributed by atoms with E-state index in [9.17, 15) is 5.26 Å². The molecule has 0 amide bonds. The zero-order valence-electron chi connectivity index (χ0n) is 16.3. The number of hydrogen-bond acceptors (Lipinski definition) is 5. The molecule has 1 aromatic heterocycles. The second-order valence-electron chi connectivity index (χ2n) is 7.23. The van der Waals surface area contributed by atoms with Crippen molar-refractivity contribution in [2.24, 2.45) is 0 Å². The number of aromatic nitrogens is 1. The highest BCUT2D eigenvalue weighted by atomic mass is 35.5. The fourth-order valence-corrected chi connectivity index (χ4v) is 3.76. The summed E-state index contributed by atoms with van der Waals surface area (Å²) in [7, 11) is 0. The molecule has 3 aromatic rings. The number of oxazole rings is 1. The number of anilines is 1. The molecule has 29 heavy (non-hydrogen) atoms. The number of piperidine rings is 1. The van der Waals surface area contributed by atoms with Crippen LogP contribution in [-0.4, -0.2) is 17.6 Å². The molecule has 1 aliphatic rings. The van der Waals surface area contributed by atoms with Crippen molar-refractivity contribution in [2.75, 3.05) is 11.4 Å². The maximum absolute atomic E-state index is 9.51. The van der Waals surface area contributed by atoms with Crippen molar-refractivity contribution in [3.05, 3.63) is 64.8 Å². The summed E-state index contributed by atoms with van der Waals surface area (Å²) < 4.78 is 11.8. The first-order valence-corrected chi connectivity index (χ1v) is 10.2. The van der Waals surface area contributed by atoms with E-state index in [2.05, 4.69) is 22.9 Å². The summed E-state index contributed by atoms with van der Waals surface area (Å²) in [5.41, 5.74) is 2.08. The van der Waals surface area contributed by atoms with E-state index < -0.39 is 0 Å². The number of ether oxygens (including phenoxy) is 1. The molecule has 0 radical (unpaired) electrons. The third kappa shape index (κ3) is 4.23. The Kier molecular flexibility index (Phi) is 5.73. The van der Waals surface area contributed by atoms with E-state index in [1.165, 1.54) is 6.42 Å². The average Bonchev–Trinajstić information content (AvgIpc) is 3.18. The van der Waals surface area contributed by atoms with Crippen LogP contribution in [0.4, 0.5) is 5.88 Å². The van der Waals surface area contributed by atoms with E-state index in [1.54, 1.807) is 0 Å². The lowest BCUT2D eigenvalue weighted by Crippen LogP contribution is -2.37. The van der Waals surface area contributed by atoms with Crippen molar-refractivity contribution >= 4 is 17.5 Å². The fourth-order valence-electron chi connectivity index (χ4n) is 3.57. The second-order valence-corrected chi connectivity index (χ2v) is 7.63. The van der Waals surface area contributed by atoms with Gasteiger partial charge in [0.05, 0.1) is 0 Å². The molecule has 0 bridgehead atoms. The molecule has 1 atom stereocenters. The predicted molar refractivity (Wildman–Crippen MR) is 113 cm³/mol. The largest absolute Gasteiger partial charge is 0.489 e. The maximum Gasteiger partial charge on any atom is 0.235 e. The highest BCUT2D eigenvalue weighted by Crippen LogP contribution is 2.32. The maximum atomic E-state index is 9.51. The summed E-state index contributed by atoms with van der Waals surface area (Å²) >= 11 is 6.17. The van der Waals surface area contributed by atoms with Gasteiger partial charge >= 0.3 is 0 Å². The fraction of sp³-hybridized carbons (Fsp3) is 0.304. The molecule has 0 saturated carbocycles. The van der Waals surface area contributed by atoms with Crippen molar-refractivity contribution in [1.29, 1.82) is 5.26 Å². The van der Waals surface area contributed by atoms with E-state index in [-0.39, 0.29) is 0 Å². The molecule has 0 N–H and O–H groups in total. The Labute approximate surface area is 175 Å². The first-order valence-electron chi connectivity index (χ1n) is 9.80. The lowest BCUT2D eigenvalue weighted by Gasteiger charge is -2.32. The average molecular weight is 408 g/mol. The van der Waals surface area contributed by atoms with Crippen LogP contribution in [0, 0.1) is 11.3 Å². The van der Waals surface area contributed by atoms with Crippen molar-refractivity contribution in [2.45, 2.75) is 38.8 Å². The van der Waals surface area contributed by atoms with Gasteiger partial charge in [-0.3, -0.25) is 0 Å². The Bertz CT molecular complexity index is 1020. The minimum atomic E-state index is 0.341. The predicted octanol–water partition coefficient (Wildman–Crippen LogP) is 5.82. The summed E-state index contributed by atoms with van der Waals surface area (Å²) in [5.74, 6) is 1.76. The van der Waals surface area contributed by atoms with Crippen LogP contribution >= 0.6 is 11.6 Å². The summed E-state index contributed by atoms with van der Waals surface area (Å²) in [4.78, 5) is 6.57. The van der Waals surface area contributed by atoms with Crippen LogP contribution < -0.4 is 9.64 Å². The molecule has 148 valence electrons. The van der Waals surface area contributed by atoms with Gasteiger partial charge in [0, 0.05) is 28.7 Å². The molecule has 2 heterocycles. The van der Waals surface area contributed by atoms with Crippen LogP contribution in [0.25, 0.3) is 11.5 Å². The molecule has 1 unspecified atom stereocenters. The van der Waals surface area contributed by atoms with Crippen LogP contribution in [0.5, 0.6) is 5.75 Å². The molecule has 1 fully saturated rings. The Hall–Kier alpha value is -2.97. The van der Waals surface area contributed by atoms with Gasteiger partial charge in [-0.2, -0.15) is 10.2 Å². The van der Waals surface area contributed by atoms with Gasteiger partial charge in [-0.25, -0.2) is 0 Å². The molecule has 6 heteroatoms. The normalized spacial score (nSPS) is 16.4. The molecule has 0 spiro atoms. The van der Waals surface area contributed by atoms with E-state index in [0.29, 0.717) is 35.1 Å². The minimum absolute atomic E-state index is 0.341. The molecular formula is C23H22ClN3O2. The number of halogens is 1. The molecule has 1 aliphatic heterocycles. The topological polar surface area (TPSA) is 62.3 Å². The van der Waals surface area contributed by atoms with Gasteiger partial charge < -0.3 is 14.1 Å². The van der Waals surface area contributed by atoms with Crippen LogP contribution in [0.2, 0.25) is 5.02 Å². The van der Waals surface area contributed by atoms with Crippen LogP contribution in [0.1, 0.15) is 37.4 Å². The first kappa shape index (κ1) is 19.4. The summed E-state index contributed by atoms with van der Waals surface area (Å²) in [6, 6.07) is 17.6. The third-order valence-electron chi connectivity index (χ3n) is 5.23. The van der Waals surface area contributed by atoms with Gasteiger partial charge in [-0.05, 0) is 56.5 Å². The van der Waals surface area contributed by atoms with Gasteiger partial charge in [-0.15, -0.1) is 0 Å². The van der Waals surface area contributed by atoms with Crippen molar-refractivity contribution < 1.29 is 9.15 Å². The van der Waals surface area contributed by atoms with Gasteiger partial charge in [0.25, 0.3) is 0 Å². The standard InChI is InChI=1S/C23H22ClN3O2/c1-16-6-4-5-13-27(16)23-21(14-25)26-22(29-23)17-9-11-19(12-10-17)28-15-18-7-2-3-8-20(18)24/h2-3,7-12,16H,4-6,13,15H2,1H3. The lowest BCUT2D eigenvalue weighted by molar-refractivity contribution is 0.306. The van der Waals surface area contributed by atoms with E-state index in [4.69, 9.17) is 20.8 Å². The van der Waals surface area contributed by atoms with E-state index >= 15 is 0 Å². The number of benzene rings is 2. The molecule has 4 rings (SSSR count). The molecule has 1 saturated heterocycles. The molecular weight excluding hydrogens is 386 g/mol. The first-order chi connectivity index (χ1) is 14.2. The zero-order valence-corrected chi connectivity index (χ0v) is 17.0. The summed E-state index contributed by atoms with van der Waals surface area (Å²) in [5, 5.41) is 10.2. The van der Waals surface area contributed by atoms with Gasteiger partial charge in [0.2, 0.25) is 17.5 Å². The van der Waals surface area contributed by atoms with Crippen molar-refractivity contribution in [1.82, 2.24) is 4.98 Å². The van der Waals surface area contributed by atoms with E-state index in [1.807, 2.05) is 48.5 Å². The number of hydrogen-bond donors (Lipinski definition) is 0. The Morgan fingerprint density at radius 2 is 2.00 bits per heavy atom. The molecule has 5 nitrogen and oxygen atoms in total. The SMILES string of the molecule is CC1CCCCN1c1oc(-c2ccc(OCc3ccccc3Cl)cc2)nc1C#N. The number of nitrogens with zero attached hydrogens (tertiary/aromatic N) is 3. The van der Waals surface area contributed by atoms with Gasteiger partial charge in [0.15, 0.2) is 0 Å². The summed E-state index contributed by atoms with van der Waals surface area (Å²) in [6.45, 7) is 3.44. The van der Waals surface area contributed by atoms with E-state index in [0.717, 1.165) is 36.3 Å².